The summed E-state index contributed by atoms with van der Waals surface area (Å²) >= 11 is 0. The summed E-state index contributed by atoms with van der Waals surface area (Å²) < 4.78 is 0. The number of benzene rings is 2. The summed E-state index contributed by atoms with van der Waals surface area (Å²) in [6, 6.07) is 16.4. The molecule has 2 aliphatic rings. The lowest BCUT2D eigenvalue weighted by atomic mass is 9.63. The van der Waals surface area contributed by atoms with Gasteiger partial charge in [-0.2, -0.15) is 0 Å². The molecule has 2 N–H and O–H groups in total. The Morgan fingerprint density at radius 3 is 2.68 bits per heavy atom. The van der Waals surface area contributed by atoms with Gasteiger partial charge < -0.3 is 10.2 Å². The first kappa shape index (κ1) is 18.2. The largest absolute Gasteiger partial charge is 0.508 e. The number of hydrogen-bond acceptors (Lipinski definition) is 3. The number of hydrogen-bond donors (Lipinski definition) is 2. The molecule has 4 rings (SSSR count). The fraction of sp³-hybridized carbons (Fsp3) is 0.429. The second-order valence-corrected chi connectivity index (χ2v) is 7.50. The lowest BCUT2D eigenvalue weighted by Crippen LogP contribution is -2.62. The van der Waals surface area contributed by atoms with Crippen molar-refractivity contribution < 1.29 is 10.2 Å². The van der Waals surface area contributed by atoms with Gasteiger partial charge in [-0.25, -0.2) is 0 Å². The van der Waals surface area contributed by atoms with Crippen molar-refractivity contribution in [1.82, 2.24) is 4.90 Å². The number of fused-ring (bicyclic) bond motifs is 4. The van der Waals surface area contributed by atoms with Gasteiger partial charge in [0, 0.05) is 18.0 Å². The minimum atomic E-state index is -0.378. The Hall–Kier alpha value is -1.55. The molecule has 2 bridgehead atoms. The van der Waals surface area contributed by atoms with E-state index < -0.39 is 0 Å². The Labute approximate surface area is 155 Å². The van der Waals surface area contributed by atoms with E-state index in [4.69, 9.17) is 0 Å². The first-order valence-electron chi connectivity index (χ1n) is 8.86. The lowest BCUT2D eigenvalue weighted by Gasteiger charge is -2.53. The third-order valence-corrected chi connectivity index (χ3v) is 6.07. The quantitative estimate of drug-likeness (QED) is 0.883. The maximum Gasteiger partial charge on any atom is 0.115 e. The molecule has 3 nitrogen and oxygen atoms in total. The molecule has 1 heterocycles. The van der Waals surface area contributed by atoms with E-state index in [-0.39, 0.29) is 30.0 Å². The van der Waals surface area contributed by atoms with Gasteiger partial charge in [0.1, 0.15) is 5.75 Å². The number of nitrogens with zero attached hydrogens (tertiary/aromatic N) is 1. The summed E-state index contributed by atoms with van der Waals surface area (Å²) in [6.45, 7) is 4.13. The van der Waals surface area contributed by atoms with E-state index in [0.29, 0.717) is 5.75 Å². The zero-order valence-corrected chi connectivity index (χ0v) is 15.4. The van der Waals surface area contributed by atoms with Crippen molar-refractivity contribution in [2.45, 2.75) is 43.7 Å². The average Bonchev–Trinajstić information content (AvgIpc) is 2.59. The van der Waals surface area contributed by atoms with Crippen LogP contribution in [0.5, 0.6) is 5.75 Å². The molecule has 1 aliphatic carbocycles. The number of rotatable bonds is 3. The van der Waals surface area contributed by atoms with Crippen LogP contribution < -0.4 is 0 Å². The number of halogens is 1. The van der Waals surface area contributed by atoms with Gasteiger partial charge in [-0.05, 0) is 54.6 Å². The van der Waals surface area contributed by atoms with E-state index in [1.807, 2.05) is 18.2 Å². The van der Waals surface area contributed by atoms with Crippen LogP contribution in [0.1, 0.15) is 30.0 Å². The molecule has 2 aromatic carbocycles. The van der Waals surface area contributed by atoms with E-state index in [1.165, 1.54) is 11.1 Å². The highest BCUT2D eigenvalue weighted by atomic mass is 35.5. The average molecular weight is 360 g/mol. The molecule has 0 aromatic heterocycles. The van der Waals surface area contributed by atoms with E-state index in [1.54, 1.807) is 6.07 Å². The molecule has 134 valence electrons. The second kappa shape index (κ2) is 6.99. The molecule has 1 aliphatic heterocycles. The highest BCUT2D eigenvalue weighted by Crippen LogP contribution is 2.45. The highest BCUT2D eigenvalue weighted by Gasteiger charge is 2.49. The van der Waals surface area contributed by atoms with Crippen molar-refractivity contribution >= 4 is 12.4 Å². The van der Waals surface area contributed by atoms with Crippen LogP contribution in [0.15, 0.2) is 48.5 Å². The van der Waals surface area contributed by atoms with Crippen molar-refractivity contribution in [2.75, 3.05) is 13.1 Å². The van der Waals surface area contributed by atoms with Crippen LogP contribution in [0.25, 0.3) is 0 Å². The van der Waals surface area contributed by atoms with Crippen LogP contribution in [-0.4, -0.2) is 40.3 Å². The monoisotopic (exact) mass is 359 g/mol. The van der Waals surface area contributed by atoms with Crippen LogP contribution in [0.2, 0.25) is 0 Å². The lowest BCUT2D eigenvalue weighted by molar-refractivity contribution is -0.0505. The van der Waals surface area contributed by atoms with Gasteiger partial charge in [-0.1, -0.05) is 43.3 Å². The summed E-state index contributed by atoms with van der Waals surface area (Å²) in [5, 5.41) is 20.9. The van der Waals surface area contributed by atoms with Crippen LogP contribution in [0, 0.1) is 0 Å². The van der Waals surface area contributed by atoms with Crippen LogP contribution in [0.3, 0.4) is 0 Å². The molecule has 0 radical (unpaired) electrons. The van der Waals surface area contributed by atoms with Gasteiger partial charge in [-0.3, -0.25) is 4.90 Å². The number of aliphatic hydroxyl groups is 1. The van der Waals surface area contributed by atoms with E-state index >= 15 is 0 Å². The Morgan fingerprint density at radius 2 is 1.92 bits per heavy atom. The van der Waals surface area contributed by atoms with Gasteiger partial charge >= 0.3 is 0 Å². The Morgan fingerprint density at radius 1 is 1.16 bits per heavy atom. The van der Waals surface area contributed by atoms with Crippen LogP contribution in [-0.2, 0) is 18.3 Å². The number of phenolic OH excluding ortho intramolecular Hbond substituents is 1. The van der Waals surface area contributed by atoms with Gasteiger partial charge in [-0.15, -0.1) is 12.4 Å². The van der Waals surface area contributed by atoms with Gasteiger partial charge in [0.25, 0.3) is 0 Å². The fourth-order valence-corrected chi connectivity index (χ4v) is 4.54. The molecule has 0 saturated carbocycles. The summed E-state index contributed by atoms with van der Waals surface area (Å²) in [7, 11) is 0. The maximum absolute atomic E-state index is 11.0. The van der Waals surface area contributed by atoms with E-state index in [2.05, 4.69) is 36.1 Å². The first-order chi connectivity index (χ1) is 11.6. The SMILES string of the molecule is C[C@]12CCN(CCc3ccccc3)[C@@H](Cc3ccc(O)cc31)[C@H]2O.Cl. The molecule has 25 heavy (non-hydrogen) atoms. The Bertz CT molecular complexity index is 736. The minimum absolute atomic E-state index is 0. The van der Waals surface area contributed by atoms with Crippen LogP contribution >= 0.6 is 12.4 Å². The second-order valence-electron chi connectivity index (χ2n) is 7.50. The highest BCUT2D eigenvalue weighted by molar-refractivity contribution is 5.85. The third-order valence-electron chi connectivity index (χ3n) is 6.07. The van der Waals surface area contributed by atoms with Gasteiger partial charge in [0.15, 0.2) is 0 Å². The number of piperidine rings is 1. The Kier molecular flexibility index (Phi) is 5.10. The van der Waals surface area contributed by atoms with Crippen molar-refractivity contribution in [2.24, 2.45) is 0 Å². The van der Waals surface area contributed by atoms with Crippen molar-refractivity contribution in [3.05, 3.63) is 65.2 Å². The zero-order chi connectivity index (χ0) is 16.7. The fourth-order valence-electron chi connectivity index (χ4n) is 4.54. The molecule has 4 heteroatoms. The van der Waals surface area contributed by atoms with Crippen LogP contribution in [0.4, 0.5) is 0 Å². The normalized spacial score (nSPS) is 28.1. The molecular formula is C21H26ClNO2. The summed E-state index contributed by atoms with van der Waals surface area (Å²) in [6.07, 6.45) is 2.43. The number of aromatic hydroxyl groups is 1. The summed E-state index contributed by atoms with van der Waals surface area (Å²) in [4.78, 5) is 2.45. The number of aliphatic hydroxyl groups excluding tert-OH is 1. The number of phenols is 1. The molecule has 1 saturated heterocycles. The van der Waals surface area contributed by atoms with Crippen molar-refractivity contribution in [3.63, 3.8) is 0 Å². The molecule has 1 fully saturated rings. The van der Waals surface area contributed by atoms with Crippen molar-refractivity contribution in [3.8, 4) is 5.75 Å². The standard InChI is InChI=1S/C21H25NO2.ClH/c1-21-10-12-22(11-9-15-5-3-2-4-6-15)19(20(21)24)13-16-7-8-17(23)14-18(16)21;/h2-8,14,19-20,23-24H,9-13H2,1H3;1H/t19-,20+,21-;/m0./s1. The summed E-state index contributed by atoms with van der Waals surface area (Å²) in [5.41, 5.74) is 3.51. The van der Waals surface area contributed by atoms with Crippen molar-refractivity contribution in [1.29, 1.82) is 0 Å². The minimum Gasteiger partial charge on any atom is -0.508 e. The third kappa shape index (κ3) is 3.17. The molecule has 2 aromatic rings. The molecule has 3 atom stereocenters. The smallest absolute Gasteiger partial charge is 0.115 e. The summed E-state index contributed by atoms with van der Waals surface area (Å²) in [5.74, 6) is 0.298. The Balaban J connectivity index is 0.00000182. The molecule has 0 spiro atoms. The van der Waals surface area contributed by atoms with E-state index in [0.717, 1.165) is 37.9 Å². The first-order valence-corrected chi connectivity index (χ1v) is 8.86. The maximum atomic E-state index is 11.0. The molecule has 0 unspecified atom stereocenters. The molecular weight excluding hydrogens is 334 g/mol. The predicted molar refractivity (Wildman–Crippen MR) is 103 cm³/mol. The topological polar surface area (TPSA) is 43.7 Å². The number of likely N-dealkylation sites (tertiary alicyclic amines) is 1. The molecule has 0 amide bonds. The predicted octanol–water partition coefficient (Wildman–Crippen LogP) is 3.31. The zero-order valence-electron chi connectivity index (χ0n) is 14.6. The van der Waals surface area contributed by atoms with E-state index in [9.17, 15) is 10.2 Å². The van der Waals surface area contributed by atoms with Gasteiger partial charge in [0.2, 0.25) is 0 Å². The van der Waals surface area contributed by atoms with Gasteiger partial charge in [0.05, 0.1) is 6.10 Å².